The van der Waals surface area contributed by atoms with Gasteiger partial charge >= 0.3 is 5.97 Å². The number of aliphatic carboxylic acids is 1. The summed E-state index contributed by atoms with van der Waals surface area (Å²) in [6.45, 7) is 2.27. The normalized spacial score (nSPS) is 25.7. The van der Waals surface area contributed by atoms with Gasteiger partial charge in [-0.2, -0.15) is 0 Å². The number of ether oxygens (including phenoxy) is 6. The summed E-state index contributed by atoms with van der Waals surface area (Å²) in [5.74, 6) is -6.09. The Balaban J connectivity index is 1.41. The summed E-state index contributed by atoms with van der Waals surface area (Å²) in [7, 11) is 0. The molecule has 0 aromatic rings. The van der Waals surface area contributed by atoms with Crippen LogP contribution in [0.15, 0.2) is 12.2 Å². The van der Waals surface area contributed by atoms with E-state index < -0.39 is 148 Å². The van der Waals surface area contributed by atoms with Crippen LogP contribution in [0.4, 0.5) is 0 Å². The topological polar surface area (TPSA) is 373 Å². The number of carbonyl (C=O) groups is 3. The molecule has 109 heavy (non-hydrogen) atoms. The fourth-order valence-corrected chi connectivity index (χ4v) is 15.7. The predicted molar refractivity (Wildman–Crippen MR) is 426 cm³/mol. The summed E-state index contributed by atoms with van der Waals surface area (Å²) in [4.78, 5) is 38.8. The second-order valence-electron chi connectivity index (χ2n) is 32.5. The maximum atomic E-state index is 13.6. The molecule has 0 spiro atoms. The van der Waals surface area contributed by atoms with E-state index in [2.05, 4.69) is 36.6 Å². The van der Waals surface area contributed by atoms with Crippen LogP contribution in [0.25, 0.3) is 0 Å². The Kier molecular flexibility index (Phi) is 59.7. The standard InChI is InChI=1S/C86H162N2O21/c1-4-6-8-10-12-14-16-18-20-22-24-25-26-27-28-29-30-31-32-33-34-35-36-37-38-39-40-41-42-44-46-48-50-52-54-56-58-60-73(96)88-67(68(93)59-57-55-53-51-49-47-45-43-23-21-19-17-15-13-11-9-7-5-2)65-104-83-78(100)77(99)80(72(64-91)106-83)107-84-79(101)82(76(98)71(63-90)105-84)109-86(85(102)103)61-69(94)74(87-66(3)92)81(108-86)75(97)70(95)62-89/h31-32,67-72,74-84,89-91,93-95,97-101H,4-30,33-65H2,1-3H3,(H,87,92)(H,88,96)(H,102,103)/b32-31-. The Morgan fingerprint density at radius 2 is 0.853 bits per heavy atom. The second-order valence-corrected chi connectivity index (χ2v) is 32.5. The van der Waals surface area contributed by atoms with Crippen molar-refractivity contribution < 1.29 is 104 Å². The molecule has 3 rings (SSSR count). The molecule has 23 heteroatoms. The van der Waals surface area contributed by atoms with Crippen LogP contribution in [0.1, 0.15) is 380 Å². The maximum Gasteiger partial charge on any atom is 0.364 e. The molecule has 14 N–H and O–H groups in total. The molecule has 3 heterocycles. The van der Waals surface area contributed by atoms with Crippen molar-refractivity contribution in [2.24, 2.45) is 0 Å². The van der Waals surface area contributed by atoms with Crippen molar-refractivity contribution >= 4 is 17.8 Å². The number of hydrogen-bond donors (Lipinski definition) is 14. The number of rotatable bonds is 72. The smallest absolute Gasteiger partial charge is 0.364 e. The van der Waals surface area contributed by atoms with Gasteiger partial charge in [-0.3, -0.25) is 9.59 Å². The van der Waals surface area contributed by atoms with Crippen molar-refractivity contribution in [3.05, 3.63) is 12.2 Å². The summed E-state index contributed by atoms with van der Waals surface area (Å²) in [5, 5.41) is 137. The van der Waals surface area contributed by atoms with E-state index in [1.165, 1.54) is 276 Å². The molecule has 3 aliphatic rings. The summed E-state index contributed by atoms with van der Waals surface area (Å²) < 4.78 is 35.0. The molecule has 642 valence electrons. The molecule has 3 saturated heterocycles. The molecular formula is C86H162N2O21. The van der Waals surface area contributed by atoms with E-state index in [0.717, 1.165) is 58.3 Å². The van der Waals surface area contributed by atoms with Crippen molar-refractivity contribution in [2.45, 2.75) is 490 Å². The second kappa shape index (κ2) is 64.6. The number of carbonyl (C=O) groups excluding carboxylic acids is 2. The fourth-order valence-electron chi connectivity index (χ4n) is 15.7. The molecule has 2 amide bonds. The highest BCUT2D eigenvalue weighted by molar-refractivity contribution is 5.77. The van der Waals surface area contributed by atoms with E-state index >= 15 is 0 Å². The number of hydrogen-bond acceptors (Lipinski definition) is 20. The first-order chi connectivity index (χ1) is 52.9. The molecule has 0 aromatic heterocycles. The number of amides is 2. The quantitative estimate of drug-likeness (QED) is 0.0199. The first-order valence-corrected chi connectivity index (χ1v) is 44.5. The lowest BCUT2D eigenvalue weighted by atomic mass is 9.88. The van der Waals surface area contributed by atoms with Crippen molar-refractivity contribution in [1.29, 1.82) is 0 Å². The van der Waals surface area contributed by atoms with Crippen LogP contribution in [0.2, 0.25) is 0 Å². The number of aliphatic hydroxyl groups is 11. The molecule has 0 aliphatic carbocycles. The zero-order valence-electron chi connectivity index (χ0n) is 68.4. The molecule has 0 radical (unpaired) electrons. The molecule has 23 nitrogen and oxygen atoms in total. The van der Waals surface area contributed by atoms with Gasteiger partial charge in [-0.25, -0.2) is 4.79 Å². The van der Waals surface area contributed by atoms with Crippen LogP contribution in [0, 0.1) is 0 Å². The summed E-state index contributed by atoms with van der Waals surface area (Å²) >= 11 is 0. The van der Waals surface area contributed by atoms with Gasteiger partial charge in [0.05, 0.1) is 50.7 Å². The molecule has 0 saturated carbocycles. The van der Waals surface area contributed by atoms with E-state index in [0.29, 0.717) is 19.3 Å². The molecule has 0 aromatic carbocycles. The van der Waals surface area contributed by atoms with E-state index in [4.69, 9.17) is 28.4 Å². The van der Waals surface area contributed by atoms with Gasteiger partial charge in [0, 0.05) is 19.8 Å². The predicted octanol–water partition coefficient (Wildman–Crippen LogP) is 13.7. The monoisotopic (exact) mass is 1560 g/mol. The molecule has 18 unspecified atom stereocenters. The Hall–Kier alpha value is -2.53. The summed E-state index contributed by atoms with van der Waals surface area (Å²) in [6.07, 6.45) is 43.8. The minimum atomic E-state index is -3.08. The van der Waals surface area contributed by atoms with E-state index in [-0.39, 0.29) is 18.9 Å². The highest BCUT2D eigenvalue weighted by Crippen LogP contribution is 2.39. The third-order valence-corrected chi connectivity index (χ3v) is 22.7. The van der Waals surface area contributed by atoms with Gasteiger partial charge in [-0.05, 0) is 38.5 Å². The van der Waals surface area contributed by atoms with Gasteiger partial charge in [-0.1, -0.05) is 334 Å². The van der Waals surface area contributed by atoms with Crippen LogP contribution in [-0.2, 0) is 42.8 Å². The van der Waals surface area contributed by atoms with Gasteiger partial charge in [-0.15, -0.1) is 0 Å². The molecule has 3 fully saturated rings. The summed E-state index contributed by atoms with van der Waals surface area (Å²) in [5.41, 5.74) is 0. The molecule has 0 bridgehead atoms. The molecule has 3 aliphatic heterocycles. The Morgan fingerprint density at radius 1 is 0.468 bits per heavy atom. The summed E-state index contributed by atoms with van der Waals surface area (Å²) in [6, 6.07) is -2.53. The lowest BCUT2D eigenvalue weighted by molar-refractivity contribution is -0.386. The number of nitrogens with one attached hydrogen (secondary N) is 2. The zero-order valence-corrected chi connectivity index (χ0v) is 68.4. The van der Waals surface area contributed by atoms with Gasteiger partial charge in [0.25, 0.3) is 5.79 Å². The van der Waals surface area contributed by atoms with Gasteiger partial charge in [0.15, 0.2) is 12.6 Å². The largest absolute Gasteiger partial charge is 0.477 e. The van der Waals surface area contributed by atoms with Crippen LogP contribution in [0.3, 0.4) is 0 Å². The van der Waals surface area contributed by atoms with Crippen molar-refractivity contribution in [2.75, 3.05) is 26.4 Å². The lowest BCUT2D eigenvalue weighted by Gasteiger charge is -2.50. The Morgan fingerprint density at radius 3 is 1.24 bits per heavy atom. The number of carboxylic acids is 1. The van der Waals surface area contributed by atoms with Gasteiger partial charge in [0.1, 0.15) is 67.1 Å². The van der Waals surface area contributed by atoms with Gasteiger partial charge in [0.2, 0.25) is 11.8 Å². The highest BCUT2D eigenvalue weighted by Gasteiger charge is 2.60. The first kappa shape index (κ1) is 101. The minimum absolute atomic E-state index is 0.228. The molecular weight excluding hydrogens is 1400 g/mol. The lowest BCUT2D eigenvalue weighted by Crippen LogP contribution is -2.70. The van der Waals surface area contributed by atoms with E-state index in [1.807, 2.05) is 0 Å². The number of allylic oxidation sites excluding steroid dienone is 2. The van der Waals surface area contributed by atoms with Crippen LogP contribution in [0.5, 0.6) is 0 Å². The average Bonchev–Trinajstić information content (AvgIpc) is 0.753. The minimum Gasteiger partial charge on any atom is -0.477 e. The molecule has 18 atom stereocenters. The number of carboxylic acid groups (broad SMARTS) is 1. The third-order valence-electron chi connectivity index (χ3n) is 22.7. The zero-order chi connectivity index (χ0) is 79.5. The maximum absolute atomic E-state index is 13.6. The first-order valence-electron chi connectivity index (χ1n) is 44.5. The van der Waals surface area contributed by atoms with Crippen molar-refractivity contribution in [1.82, 2.24) is 10.6 Å². The van der Waals surface area contributed by atoms with E-state index in [1.54, 1.807) is 0 Å². The Bertz CT molecular complexity index is 2210. The van der Waals surface area contributed by atoms with Crippen LogP contribution in [-0.4, -0.2) is 215 Å². The number of unbranched alkanes of at least 4 members (excludes halogenated alkanes) is 50. The third kappa shape index (κ3) is 43.9. The van der Waals surface area contributed by atoms with Gasteiger partial charge < -0.3 is 100 Å². The Labute approximate surface area is 658 Å². The van der Waals surface area contributed by atoms with Crippen LogP contribution >= 0.6 is 0 Å². The van der Waals surface area contributed by atoms with Crippen LogP contribution < -0.4 is 10.6 Å². The SMILES string of the molecule is CCCCCCCCCCCCCCCCCC/C=C\CCCCCCCCCCCCCCCCCCCC(=O)NC(COC1OC(CO)C(OC2OC(CO)C(O)C(OC3(C(=O)O)CC(O)C(NC(C)=O)C(C(O)C(O)CO)O3)C2O)C(O)C1O)C(O)CCCCCCCCCCCCCCCCCCCC. The van der Waals surface area contributed by atoms with Crippen molar-refractivity contribution in [3.63, 3.8) is 0 Å². The average molecular weight is 1560 g/mol. The van der Waals surface area contributed by atoms with Crippen molar-refractivity contribution in [3.8, 4) is 0 Å². The highest BCUT2D eigenvalue weighted by atomic mass is 16.8. The van der Waals surface area contributed by atoms with E-state index in [9.17, 15) is 75.7 Å². The fraction of sp³-hybridized carbons (Fsp3) is 0.942. The number of aliphatic hydroxyl groups excluding tert-OH is 11.